The topological polar surface area (TPSA) is 74.7 Å². The smallest absolute Gasteiger partial charge is 0.303 e. The van der Waals surface area contributed by atoms with Gasteiger partial charge in [-0.2, -0.15) is 4.31 Å². The third-order valence-corrected chi connectivity index (χ3v) is 5.12. The van der Waals surface area contributed by atoms with Crippen LogP contribution in [-0.4, -0.2) is 36.9 Å². The lowest BCUT2D eigenvalue weighted by molar-refractivity contribution is -0.137. The van der Waals surface area contributed by atoms with Crippen molar-refractivity contribution in [1.29, 1.82) is 0 Å². The molecule has 20 heavy (non-hydrogen) atoms. The minimum absolute atomic E-state index is 0.0332. The van der Waals surface area contributed by atoms with Gasteiger partial charge in [0.05, 0.1) is 0 Å². The Morgan fingerprint density at radius 1 is 1.40 bits per heavy atom. The van der Waals surface area contributed by atoms with Crippen molar-refractivity contribution in [2.24, 2.45) is 5.92 Å². The number of hydrogen-bond donors (Lipinski definition) is 1. The lowest BCUT2D eigenvalue weighted by atomic mass is 10.1. The number of halogens is 2. The molecule has 0 aliphatic carbocycles. The molecule has 1 aromatic rings. The van der Waals surface area contributed by atoms with Crippen LogP contribution in [0.3, 0.4) is 0 Å². The van der Waals surface area contributed by atoms with Crippen molar-refractivity contribution in [1.82, 2.24) is 4.31 Å². The molecule has 1 N–H and O–H groups in total. The fourth-order valence-corrected chi connectivity index (χ4v) is 3.83. The molecule has 1 unspecified atom stereocenters. The second kappa shape index (κ2) is 5.45. The van der Waals surface area contributed by atoms with E-state index in [0.717, 1.165) is 16.4 Å². The Morgan fingerprint density at radius 2 is 2.10 bits per heavy atom. The van der Waals surface area contributed by atoms with Gasteiger partial charge in [0.2, 0.25) is 10.0 Å². The van der Waals surface area contributed by atoms with E-state index in [1.807, 2.05) is 0 Å². The van der Waals surface area contributed by atoms with Crippen LogP contribution in [0.2, 0.25) is 0 Å². The van der Waals surface area contributed by atoms with Crippen LogP contribution in [0.15, 0.2) is 23.1 Å². The molecule has 1 saturated heterocycles. The Morgan fingerprint density at radius 3 is 2.70 bits per heavy atom. The SMILES string of the molecule is O=C(O)CC1CCN(S(=O)(=O)c2ccc(F)cc2F)C1. The fraction of sp³-hybridized carbons (Fsp3) is 0.417. The van der Waals surface area contributed by atoms with Crippen LogP contribution in [0.5, 0.6) is 0 Å². The molecule has 1 aliphatic rings. The molecule has 0 bridgehead atoms. The Labute approximate surface area is 114 Å². The number of aliphatic carboxylic acids is 1. The van der Waals surface area contributed by atoms with Crippen LogP contribution < -0.4 is 0 Å². The Kier molecular flexibility index (Phi) is 4.05. The first kappa shape index (κ1) is 14.9. The average Bonchev–Trinajstić information content (AvgIpc) is 2.76. The zero-order valence-corrected chi connectivity index (χ0v) is 11.2. The van der Waals surface area contributed by atoms with Crippen molar-refractivity contribution >= 4 is 16.0 Å². The summed E-state index contributed by atoms with van der Waals surface area (Å²) in [5, 5.41) is 8.69. The highest BCUT2D eigenvalue weighted by molar-refractivity contribution is 7.89. The molecular weight excluding hydrogens is 292 g/mol. The van der Waals surface area contributed by atoms with E-state index in [4.69, 9.17) is 5.11 Å². The van der Waals surface area contributed by atoms with Crippen LogP contribution in [-0.2, 0) is 14.8 Å². The number of nitrogens with zero attached hydrogens (tertiary/aromatic N) is 1. The largest absolute Gasteiger partial charge is 0.481 e. The Balaban J connectivity index is 2.21. The second-order valence-electron chi connectivity index (χ2n) is 4.69. The minimum atomic E-state index is -4.06. The van der Waals surface area contributed by atoms with Crippen molar-refractivity contribution in [2.75, 3.05) is 13.1 Å². The number of carboxylic acid groups (broad SMARTS) is 1. The molecule has 0 radical (unpaired) electrons. The van der Waals surface area contributed by atoms with Gasteiger partial charge in [0, 0.05) is 25.6 Å². The number of benzene rings is 1. The molecule has 0 spiro atoms. The quantitative estimate of drug-likeness (QED) is 0.913. The zero-order valence-electron chi connectivity index (χ0n) is 10.4. The summed E-state index contributed by atoms with van der Waals surface area (Å²) in [6.07, 6.45) is 0.284. The van der Waals surface area contributed by atoms with E-state index in [-0.39, 0.29) is 25.4 Å². The van der Waals surface area contributed by atoms with Gasteiger partial charge >= 0.3 is 5.97 Å². The van der Waals surface area contributed by atoms with Gasteiger partial charge in [0.15, 0.2) is 0 Å². The number of sulfonamides is 1. The number of rotatable bonds is 4. The van der Waals surface area contributed by atoms with Crippen LogP contribution >= 0.6 is 0 Å². The first-order valence-corrected chi connectivity index (χ1v) is 7.41. The molecule has 1 atom stereocenters. The van der Waals surface area contributed by atoms with E-state index >= 15 is 0 Å². The van der Waals surface area contributed by atoms with Crippen LogP contribution in [0, 0.1) is 17.6 Å². The average molecular weight is 305 g/mol. The van der Waals surface area contributed by atoms with Gasteiger partial charge in [-0.3, -0.25) is 4.79 Å². The molecule has 0 aromatic heterocycles. The lowest BCUT2D eigenvalue weighted by Crippen LogP contribution is -2.29. The Bertz CT molecular complexity index is 632. The molecule has 0 amide bonds. The molecule has 1 aliphatic heterocycles. The minimum Gasteiger partial charge on any atom is -0.481 e. The monoisotopic (exact) mass is 305 g/mol. The normalized spacial score (nSPS) is 20.2. The van der Waals surface area contributed by atoms with Crippen molar-refractivity contribution in [2.45, 2.75) is 17.7 Å². The third kappa shape index (κ3) is 2.96. The first-order valence-electron chi connectivity index (χ1n) is 5.97. The van der Waals surface area contributed by atoms with Gasteiger partial charge in [-0.25, -0.2) is 17.2 Å². The Hall–Kier alpha value is -1.54. The third-order valence-electron chi connectivity index (χ3n) is 3.22. The number of carboxylic acids is 1. The fourth-order valence-electron chi connectivity index (χ4n) is 2.25. The van der Waals surface area contributed by atoms with E-state index in [1.54, 1.807) is 0 Å². The lowest BCUT2D eigenvalue weighted by Gasteiger charge is -2.16. The van der Waals surface area contributed by atoms with Crippen LogP contribution in [0.25, 0.3) is 0 Å². The van der Waals surface area contributed by atoms with Gasteiger partial charge in [-0.1, -0.05) is 0 Å². The highest BCUT2D eigenvalue weighted by Crippen LogP contribution is 2.27. The number of carbonyl (C=O) groups is 1. The summed E-state index contributed by atoms with van der Waals surface area (Å²) in [4.78, 5) is 10.0. The molecule has 1 fully saturated rings. The summed E-state index contributed by atoms with van der Waals surface area (Å²) in [6.45, 7) is 0.169. The molecular formula is C12H13F2NO4S. The van der Waals surface area contributed by atoms with Gasteiger partial charge in [-0.05, 0) is 24.5 Å². The summed E-state index contributed by atoms with van der Waals surface area (Å²) >= 11 is 0. The molecule has 2 rings (SSSR count). The maximum atomic E-state index is 13.6. The molecule has 0 saturated carbocycles. The van der Waals surface area contributed by atoms with E-state index in [0.29, 0.717) is 12.5 Å². The van der Waals surface area contributed by atoms with Crippen LogP contribution in [0.4, 0.5) is 8.78 Å². The second-order valence-corrected chi connectivity index (χ2v) is 6.60. The standard InChI is InChI=1S/C12H13F2NO4S/c13-9-1-2-11(10(14)6-9)20(18,19)15-4-3-8(7-15)5-12(16)17/h1-2,6,8H,3-5,7H2,(H,16,17). The summed E-state index contributed by atoms with van der Waals surface area (Å²) in [5.74, 6) is -3.29. The molecule has 5 nitrogen and oxygen atoms in total. The first-order chi connectivity index (χ1) is 9.30. The summed E-state index contributed by atoms with van der Waals surface area (Å²) in [5.41, 5.74) is 0. The molecule has 1 aromatic carbocycles. The van der Waals surface area contributed by atoms with Gasteiger partial charge in [0.1, 0.15) is 16.5 Å². The van der Waals surface area contributed by atoms with E-state index < -0.39 is 32.5 Å². The van der Waals surface area contributed by atoms with Crippen molar-refractivity contribution < 1.29 is 27.1 Å². The maximum absolute atomic E-state index is 13.6. The number of hydrogen-bond acceptors (Lipinski definition) is 3. The summed E-state index contributed by atoms with van der Waals surface area (Å²) < 4.78 is 51.8. The predicted octanol–water partition coefficient (Wildman–Crippen LogP) is 1.45. The molecule has 1 heterocycles. The van der Waals surface area contributed by atoms with Crippen molar-refractivity contribution in [3.05, 3.63) is 29.8 Å². The van der Waals surface area contributed by atoms with E-state index in [9.17, 15) is 22.0 Å². The molecule has 8 heteroatoms. The predicted molar refractivity (Wildman–Crippen MR) is 65.5 cm³/mol. The zero-order chi connectivity index (χ0) is 14.9. The summed E-state index contributed by atoms with van der Waals surface area (Å²) in [7, 11) is -4.06. The maximum Gasteiger partial charge on any atom is 0.303 e. The van der Waals surface area contributed by atoms with E-state index in [1.165, 1.54) is 0 Å². The van der Waals surface area contributed by atoms with Gasteiger partial charge < -0.3 is 5.11 Å². The molecule has 110 valence electrons. The van der Waals surface area contributed by atoms with Crippen molar-refractivity contribution in [3.8, 4) is 0 Å². The van der Waals surface area contributed by atoms with Crippen LogP contribution in [0.1, 0.15) is 12.8 Å². The summed E-state index contributed by atoms with van der Waals surface area (Å²) in [6, 6.07) is 2.27. The van der Waals surface area contributed by atoms with E-state index in [2.05, 4.69) is 0 Å². The van der Waals surface area contributed by atoms with Gasteiger partial charge in [-0.15, -0.1) is 0 Å². The van der Waals surface area contributed by atoms with Crippen molar-refractivity contribution in [3.63, 3.8) is 0 Å². The highest BCUT2D eigenvalue weighted by Gasteiger charge is 2.34. The van der Waals surface area contributed by atoms with Gasteiger partial charge in [0.25, 0.3) is 0 Å². The highest BCUT2D eigenvalue weighted by atomic mass is 32.2.